The van der Waals surface area contributed by atoms with Gasteiger partial charge in [0.05, 0.1) is 12.6 Å². The van der Waals surface area contributed by atoms with Crippen molar-refractivity contribution in [3.63, 3.8) is 0 Å². The third-order valence-corrected chi connectivity index (χ3v) is 7.81. The van der Waals surface area contributed by atoms with Crippen molar-refractivity contribution in [2.75, 3.05) is 19.6 Å². The minimum atomic E-state index is -0.215. The van der Waals surface area contributed by atoms with Gasteiger partial charge in [-0.05, 0) is 41.8 Å². The molecule has 0 bridgehead atoms. The van der Waals surface area contributed by atoms with E-state index in [-0.39, 0.29) is 30.4 Å². The highest BCUT2D eigenvalue weighted by Crippen LogP contribution is 2.52. The lowest BCUT2D eigenvalue weighted by Gasteiger charge is -2.33. The molecule has 5 rings (SSSR count). The second kappa shape index (κ2) is 9.64. The van der Waals surface area contributed by atoms with Gasteiger partial charge in [-0.15, -0.1) is 0 Å². The van der Waals surface area contributed by atoms with Crippen LogP contribution in [-0.2, 0) is 9.59 Å². The number of hydrogen-bond acceptors (Lipinski definition) is 5. The molecule has 3 aliphatic heterocycles. The number of halogens is 2. The lowest BCUT2D eigenvalue weighted by Crippen LogP contribution is -2.51. The molecule has 1 N–H and O–H groups in total. The lowest BCUT2D eigenvalue weighted by molar-refractivity contribution is -0.136. The lowest BCUT2D eigenvalue weighted by atomic mass is 9.93. The number of allylic oxidation sites excluding steroid dienone is 1. The molecule has 2 amide bonds. The SMILES string of the molecule is CCCC1=C(C(=O)N2CCNC(=O)C2)N2C(=N[C@@H](c3ccc(Cl)cc3)[C@H]2c2ccc(Cl)cc2)S1. The molecule has 176 valence electrons. The van der Waals surface area contributed by atoms with Crippen LogP contribution >= 0.6 is 35.0 Å². The normalized spacial score (nSPS) is 22.1. The summed E-state index contributed by atoms with van der Waals surface area (Å²) in [4.78, 5) is 35.7. The summed E-state index contributed by atoms with van der Waals surface area (Å²) in [5.41, 5.74) is 2.67. The largest absolute Gasteiger partial charge is 0.353 e. The van der Waals surface area contributed by atoms with E-state index in [1.165, 1.54) is 0 Å². The van der Waals surface area contributed by atoms with Gasteiger partial charge in [-0.1, -0.05) is 72.6 Å². The maximum absolute atomic E-state index is 13.8. The molecular weight excluding hydrogens is 491 g/mol. The van der Waals surface area contributed by atoms with Gasteiger partial charge in [0, 0.05) is 28.0 Å². The van der Waals surface area contributed by atoms with Crippen LogP contribution in [0.3, 0.4) is 0 Å². The molecule has 1 fully saturated rings. The number of benzene rings is 2. The summed E-state index contributed by atoms with van der Waals surface area (Å²) in [6.07, 6.45) is 1.69. The third-order valence-electron chi connectivity index (χ3n) is 6.18. The summed E-state index contributed by atoms with van der Waals surface area (Å²) in [5, 5.41) is 4.93. The molecule has 2 atom stereocenters. The van der Waals surface area contributed by atoms with Gasteiger partial charge in [0.25, 0.3) is 5.91 Å². The van der Waals surface area contributed by atoms with Crippen molar-refractivity contribution in [1.29, 1.82) is 0 Å². The Morgan fingerprint density at radius 2 is 1.74 bits per heavy atom. The first-order valence-electron chi connectivity index (χ1n) is 11.3. The van der Waals surface area contributed by atoms with Crippen molar-refractivity contribution in [3.05, 3.63) is 80.3 Å². The molecule has 2 aromatic carbocycles. The van der Waals surface area contributed by atoms with Crippen LogP contribution in [0.1, 0.15) is 43.0 Å². The van der Waals surface area contributed by atoms with Crippen LogP contribution in [0.15, 0.2) is 64.1 Å². The number of thioether (sulfide) groups is 1. The molecule has 0 saturated carbocycles. The fourth-order valence-electron chi connectivity index (χ4n) is 4.60. The Hall–Kier alpha value is -2.48. The quantitative estimate of drug-likeness (QED) is 0.597. The van der Waals surface area contributed by atoms with Gasteiger partial charge in [-0.25, -0.2) is 0 Å². The highest BCUT2D eigenvalue weighted by molar-refractivity contribution is 8.17. The number of amides is 2. The van der Waals surface area contributed by atoms with Crippen LogP contribution in [0.5, 0.6) is 0 Å². The van der Waals surface area contributed by atoms with Crippen LogP contribution < -0.4 is 5.32 Å². The number of nitrogens with zero attached hydrogens (tertiary/aromatic N) is 3. The smallest absolute Gasteiger partial charge is 0.271 e. The number of aliphatic imine (C=N–C) groups is 1. The number of amidine groups is 1. The minimum absolute atomic E-state index is 0.0684. The highest BCUT2D eigenvalue weighted by Gasteiger charge is 2.47. The predicted octanol–water partition coefficient (Wildman–Crippen LogP) is 5.16. The van der Waals surface area contributed by atoms with E-state index in [0.29, 0.717) is 28.8 Å². The standard InChI is InChI=1S/C25H24Cl2N4O2S/c1-2-3-19-23(24(33)30-13-12-28-20(32)14-30)31-22(16-6-10-18(27)11-7-16)21(29-25(31)34-19)15-4-8-17(26)9-5-15/h4-11,21-22H,2-3,12-14H2,1H3,(H,28,32)/t21-,22+/m0/s1. The van der Waals surface area contributed by atoms with Gasteiger partial charge < -0.3 is 15.1 Å². The van der Waals surface area contributed by atoms with Gasteiger partial charge in [-0.3, -0.25) is 14.6 Å². The first-order valence-corrected chi connectivity index (χ1v) is 12.9. The van der Waals surface area contributed by atoms with Crippen molar-refractivity contribution >= 4 is 51.9 Å². The minimum Gasteiger partial charge on any atom is -0.353 e. The summed E-state index contributed by atoms with van der Waals surface area (Å²) in [6.45, 7) is 3.12. The number of nitrogens with one attached hydrogen (secondary N) is 1. The topological polar surface area (TPSA) is 65.0 Å². The van der Waals surface area contributed by atoms with Gasteiger partial charge in [0.1, 0.15) is 11.7 Å². The van der Waals surface area contributed by atoms with Crippen LogP contribution in [0.2, 0.25) is 10.0 Å². The van der Waals surface area contributed by atoms with Crippen molar-refractivity contribution in [2.45, 2.75) is 31.8 Å². The van der Waals surface area contributed by atoms with Crippen LogP contribution in [0, 0.1) is 0 Å². The second-order valence-electron chi connectivity index (χ2n) is 8.47. The van der Waals surface area contributed by atoms with E-state index in [2.05, 4.69) is 17.1 Å². The van der Waals surface area contributed by atoms with E-state index in [1.54, 1.807) is 16.7 Å². The Balaban J connectivity index is 1.59. The molecule has 0 unspecified atom stereocenters. The molecule has 6 nitrogen and oxygen atoms in total. The second-order valence-corrected chi connectivity index (χ2v) is 10.4. The molecular formula is C25H24Cl2N4O2S. The molecule has 34 heavy (non-hydrogen) atoms. The number of hydrogen-bond donors (Lipinski definition) is 1. The van der Waals surface area contributed by atoms with E-state index in [9.17, 15) is 9.59 Å². The summed E-state index contributed by atoms with van der Waals surface area (Å²) in [7, 11) is 0. The summed E-state index contributed by atoms with van der Waals surface area (Å²) in [5.74, 6) is -0.252. The fourth-order valence-corrected chi connectivity index (χ4v) is 6.13. The molecule has 0 radical (unpaired) electrons. The Kier molecular flexibility index (Phi) is 6.60. The van der Waals surface area contributed by atoms with Gasteiger partial charge in [-0.2, -0.15) is 0 Å². The van der Waals surface area contributed by atoms with Crippen molar-refractivity contribution in [3.8, 4) is 0 Å². The highest BCUT2D eigenvalue weighted by atomic mass is 35.5. The third kappa shape index (κ3) is 4.32. The van der Waals surface area contributed by atoms with Crippen molar-refractivity contribution in [1.82, 2.24) is 15.1 Å². The van der Waals surface area contributed by atoms with Gasteiger partial charge >= 0.3 is 0 Å². The first kappa shape index (κ1) is 23.3. The zero-order valence-corrected chi connectivity index (χ0v) is 21.0. The van der Waals surface area contributed by atoms with E-state index >= 15 is 0 Å². The molecule has 3 heterocycles. The number of fused-ring (bicyclic) bond motifs is 1. The van der Waals surface area contributed by atoms with Gasteiger partial charge in [0.2, 0.25) is 5.91 Å². The molecule has 3 aliphatic rings. The first-order chi connectivity index (χ1) is 16.5. The van der Waals surface area contributed by atoms with E-state index in [0.717, 1.165) is 34.0 Å². The molecule has 0 spiro atoms. The maximum atomic E-state index is 13.8. The van der Waals surface area contributed by atoms with Crippen LogP contribution in [-0.4, -0.2) is 46.4 Å². The van der Waals surface area contributed by atoms with E-state index in [4.69, 9.17) is 28.2 Å². The Morgan fingerprint density at radius 1 is 1.09 bits per heavy atom. The average molecular weight is 515 g/mol. The van der Waals surface area contributed by atoms with Crippen molar-refractivity contribution in [2.24, 2.45) is 4.99 Å². The van der Waals surface area contributed by atoms with E-state index in [1.807, 2.05) is 48.5 Å². The van der Waals surface area contributed by atoms with Gasteiger partial charge in [0.15, 0.2) is 5.17 Å². The predicted molar refractivity (Wildman–Crippen MR) is 137 cm³/mol. The number of piperazine rings is 1. The Bertz CT molecular complexity index is 1180. The number of rotatable bonds is 5. The summed E-state index contributed by atoms with van der Waals surface area (Å²) in [6, 6.07) is 15.0. The zero-order valence-electron chi connectivity index (χ0n) is 18.6. The van der Waals surface area contributed by atoms with Crippen LogP contribution in [0.25, 0.3) is 0 Å². The summed E-state index contributed by atoms with van der Waals surface area (Å²) < 4.78 is 0. The van der Waals surface area contributed by atoms with Crippen molar-refractivity contribution < 1.29 is 9.59 Å². The number of carbonyl (C=O) groups is 2. The fraction of sp³-hybridized carbons (Fsp3) is 0.320. The van der Waals surface area contributed by atoms with E-state index < -0.39 is 0 Å². The zero-order chi connectivity index (χ0) is 23.8. The number of carbonyl (C=O) groups excluding carboxylic acids is 2. The Labute approximate surface area is 213 Å². The molecule has 0 aliphatic carbocycles. The molecule has 1 saturated heterocycles. The molecule has 2 aromatic rings. The summed E-state index contributed by atoms with van der Waals surface area (Å²) >= 11 is 13.9. The average Bonchev–Trinajstić information content (AvgIpc) is 3.36. The molecule has 9 heteroatoms. The van der Waals surface area contributed by atoms with Crippen LogP contribution in [0.4, 0.5) is 0 Å². The Morgan fingerprint density at radius 3 is 2.35 bits per heavy atom. The molecule has 0 aromatic heterocycles. The maximum Gasteiger partial charge on any atom is 0.271 e. The monoisotopic (exact) mass is 514 g/mol.